The number of para-hydroxylation sites is 2. The number of hydrogen-bond donors (Lipinski definition) is 0. The van der Waals surface area contributed by atoms with E-state index >= 15 is 0 Å². The van der Waals surface area contributed by atoms with Crippen LogP contribution < -0.4 is 5.01 Å². The van der Waals surface area contributed by atoms with Gasteiger partial charge in [0.05, 0.1) is 23.8 Å². The van der Waals surface area contributed by atoms with Gasteiger partial charge in [-0.25, -0.2) is 5.01 Å². The summed E-state index contributed by atoms with van der Waals surface area (Å²) >= 11 is 4.79. The first-order valence-electron chi connectivity index (χ1n) is 4.65. The van der Waals surface area contributed by atoms with E-state index in [0.717, 1.165) is 11.4 Å². The minimum absolute atomic E-state index is 0.971. The Morgan fingerprint density at radius 2 is 1.13 bits per heavy atom. The third-order valence-corrected chi connectivity index (χ3v) is 2.25. The van der Waals surface area contributed by atoms with Crippen molar-refractivity contribution in [3.63, 3.8) is 0 Å². The first kappa shape index (κ1) is 9.80. The van der Waals surface area contributed by atoms with Crippen molar-refractivity contribution in [3.05, 3.63) is 60.7 Å². The summed E-state index contributed by atoms with van der Waals surface area (Å²) in [5, 5.41) is 1.73. The molecule has 0 saturated carbocycles. The average molecular weight is 214 g/mol. The highest BCUT2D eigenvalue weighted by Gasteiger charge is 2.05. The third-order valence-electron chi connectivity index (χ3n) is 2.08. The van der Waals surface area contributed by atoms with Crippen molar-refractivity contribution in [1.29, 1.82) is 0 Å². The second-order valence-electron chi connectivity index (χ2n) is 3.06. The van der Waals surface area contributed by atoms with Gasteiger partial charge in [-0.05, 0) is 24.3 Å². The summed E-state index contributed by atoms with van der Waals surface area (Å²) in [6, 6.07) is 19.7. The normalized spacial score (nSPS) is 9.60. The van der Waals surface area contributed by atoms with Gasteiger partial charge in [0, 0.05) is 0 Å². The SMILES string of the molecule is S=NN(c1ccccc1)c1ccccc1. The molecule has 2 aromatic carbocycles. The maximum atomic E-state index is 4.79. The van der Waals surface area contributed by atoms with Crippen LogP contribution in [0.1, 0.15) is 0 Å². The molecule has 0 bridgehead atoms. The highest BCUT2D eigenvalue weighted by Crippen LogP contribution is 2.24. The van der Waals surface area contributed by atoms with E-state index in [0.29, 0.717) is 0 Å². The molecule has 2 nitrogen and oxygen atoms in total. The van der Waals surface area contributed by atoms with Crippen LogP contribution in [0.2, 0.25) is 0 Å². The fourth-order valence-corrected chi connectivity index (χ4v) is 1.57. The van der Waals surface area contributed by atoms with E-state index in [-0.39, 0.29) is 0 Å². The minimum atomic E-state index is 0.971. The second-order valence-corrected chi connectivity index (χ2v) is 3.23. The molecule has 74 valence electrons. The van der Waals surface area contributed by atoms with Crippen molar-refractivity contribution >= 4 is 23.8 Å². The Morgan fingerprint density at radius 1 is 0.733 bits per heavy atom. The van der Waals surface area contributed by atoms with E-state index in [1.165, 1.54) is 0 Å². The zero-order valence-corrected chi connectivity index (χ0v) is 8.89. The van der Waals surface area contributed by atoms with Crippen LogP contribution in [0.15, 0.2) is 65.1 Å². The van der Waals surface area contributed by atoms with Gasteiger partial charge in [-0.15, -0.1) is 0 Å². The predicted octanol–water partition coefficient (Wildman–Crippen LogP) is 3.47. The van der Waals surface area contributed by atoms with Gasteiger partial charge in [-0.3, -0.25) is 0 Å². The molecule has 0 aliphatic heterocycles. The van der Waals surface area contributed by atoms with Crippen molar-refractivity contribution in [3.8, 4) is 0 Å². The molecule has 0 aliphatic carbocycles. The maximum Gasteiger partial charge on any atom is 0.0662 e. The molecule has 0 radical (unpaired) electrons. The summed E-state index contributed by atoms with van der Waals surface area (Å²) in [6.45, 7) is 0. The van der Waals surface area contributed by atoms with Gasteiger partial charge >= 0.3 is 0 Å². The molecular formula is C12H10N2S. The Hall–Kier alpha value is -1.74. The van der Waals surface area contributed by atoms with Gasteiger partial charge in [0.25, 0.3) is 0 Å². The van der Waals surface area contributed by atoms with Gasteiger partial charge in [0.2, 0.25) is 0 Å². The molecule has 0 amide bonds. The second kappa shape index (κ2) is 4.66. The van der Waals surface area contributed by atoms with Crippen molar-refractivity contribution in [2.75, 3.05) is 5.01 Å². The van der Waals surface area contributed by atoms with Crippen LogP contribution in [0.4, 0.5) is 11.4 Å². The largest absolute Gasteiger partial charge is 0.222 e. The minimum Gasteiger partial charge on any atom is -0.222 e. The molecule has 0 spiro atoms. The van der Waals surface area contributed by atoms with Gasteiger partial charge in [0.15, 0.2) is 0 Å². The molecule has 0 N–H and O–H groups in total. The van der Waals surface area contributed by atoms with Crippen LogP contribution >= 0.6 is 0 Å². The van der Waals surface area contributed by atoms with E-state index in [4.69, 9.17) is 12.4 Å². The monoisotopic (exact) mass is 214 g/mol. The van der Waals surface area contributed by atoms with Crippen LogP contribution in [0, 0.1) is 0 Å². The van der Waals surface area contributed by atoms with Crippen molar-refractivity contribution in [1.82, 2.24) is 0 Å². The number of nitrogens with zero attached hydrogens (tertiary/aromatic N) is 2. The Bertz CT molecular complexity index is 388. The average Bonchev–Trinajstić information content (AvgIpc) is 2.33. The van der Waals surface area contributed by atoms with Crippen LogP contribution in [0.5, 0.6) is 0 Å². The third kappa shape index (κ3) is 2.19. The standard InChI is InChI=1S/C12H10N2S/c15-13-14(11-7-3-1-4-8-11)12-9-5-2-6-10-12/h1-10H. The molecule has 2 aromatic rings. The van der Waals surface area contributed by atoms with E-state index in [1.54, 1.807) is 5.01 Å². The van der Waals surface area contributed by atoms with Crippen LogP contribution in [-0.4, -0.2) is 0 Å². The quantitative estimate of drug-likeness (QED) is 0.727. The van der Waals surface area contributed by atoms with Crippen LogP contribution in [0.3, 0.4) is 0 Å². The molecule has 0 aromatic heterocycles. The molecule has 0 heterocycles. The molecule has 3 heteroatoms. The lowest BCUT2D eigenvalue weighted by Gasteiger charge is -2.16. The van der Waals surface area contributed by atoms with E-state index in [9.17, 15) is 0 Å². The lowest BCUT2D eigenvalue weighted by atomic mass is 10.2. The van der Waals surface area contributed by atoms with Crippen molar-refractivity contribution < 1.29 is 0 Å². The highest BCUT2D eigenvalue weighted by molar-refractivity contribution is 7.47. The predicted molar refractivity (Wildman–Crippen MR) is 64.8 cm³/mol. The molecule has 2 rings (SSSR count). The molecule has 0 fully saturated rings. The number of rotatable bonds is 3. The zero-order valence-electron chi connectivity index (χ0n) is 8.08. The molecule has 0 unspecified atom stereocenters. The zero-order chi connectivity index (χ0) is 10.5. The fraction of sp³-hybridized carbons (Fsp3) is 0. The summed E-state index contributed by atoms with van der Waals surface area (Å²) in [7, 11) is 0. The Kier molecular flexibility index (Phi) is 3.05. The topological polar surface area (TPSA) is 15.6 Å². The first-order valence-corrected chi connectivity index (χ1v) is 5.02. The van der Waals surface area contributed by atoms with Crippen molar-refractivity contribution in [2.45, 2.75) is 0 Å². The fourth-order valence-electron chi connectivity index (χ4n) is 1.38. The summed E-state index contributed by atoms with van der Waals surface area (Å²) in [5.41, 5.74) is 1.94. The van der Waals surface area contributed by atoms with E-state index in [2.05, 4.69) is 4.47 Å². The van der Waals surface area contributed by atoms with Crippen LogP contribution in [0.25, 0.3) is 0 Å². The Morgan fingerprint density at radius 3 is 1.47 bits per heavy atom. The maximum absolute atomic E-state index is 4.79. The molecule has 0 saturated heterocycles. The molecular weight excluding hydrogens is 204 g/mol. The number of hydrogen-bond acceptors (Lipinski definition) is 2. The van der Waals surface area contributed by atoms with E-state index < -0.39 is 0 Å². The van der Waals surface area contributed by atoms with E-state index in [1.807, 2.05) is 60.7 Å². The summed E-state index contributed by atoms with van der Waals surface area (Å²) in [5.74, 6) is 0. The summed E-state index contributed by atoms with van der Waals surface area (Å²) in [4.78, 5) is 0. The molecule has 0 aliphatic rings. The molecule has 15 heavy (non-hydrogen) atoms. The number of anilines is 2. The summed E-state index contributed by atoms with van der Waals surface area (Å²) in [6.07, 6.45) is 0. The van der Waals surface area contributed by atoms with Gasteiger partial charge in [0.1, 0.15) is 0 Å². The van der Waals surface area contributed by atoms with Crippen LogP contribution in [-0.2, 0) is 12.4 Å². The van der Waals surface area contributed by atoms with Crippen molar-refractivity contribution in [2.24, 2.45) is 4.47 Å². The van der Waals surface area contributed by atoms with Gasteiger partial charge in [-0.1, -0.05) is 40.9 Å². The highest BCUT2D eigenvalue weighted by atomic mass is 32.1. The lowest BCUT2D eigenvalue weighted by Crippen LogP contribution is -2.06. The Labute approximate surface area is 94.3 Å². The Balaban J connectivity index is 2.38. The first-order chi connectivity index (χ1) is 7.42. The summed E-state index contributed by atoms with van der Waals surface area (Å²) < 4.78 is 3.85. The molecule has 0 atom stereocenters. The smallest absolute Gasteiger partial charge is 0.0662 e. The van der Waals surface area contributed by atoms with Gasteiger partial charge in [-0.2, -0.15) is 0 Å². The van der Waals surface area contributed by atoms with Gasteiger partial charge < -0.3 is 0 Å². The number of benzene rings is 2. The lowest BCUT2D eigenvalue weighted by molar-refractivity contribution is 1.11.